The number of fused-ring (bicyclic) bond motifs is 2. The number of anilines is 2. The maximum atomic E-state index is 10.9. The molecule has 108 valence electrons. The first-order valence-corrected chi connectivity index (χ1v) is 6.99. The van der Waals surface area contributed by atoms with E-state index in [-0.39, 0.29) is 10.6 Å². The summed E-state index contributed by atoms with van der Waals surface area (Å²) in [4.78, 5) is 21.5. The Kier molecular flexibility index (Phi) is 2.75. The lowest BCUT2D eigenvalue weighted by molar-refractivity contribution is -0.384. The van der Waals surface area contributed by atoms with E-state index in [1.165, 1.54) is 6.07 Å². The molecule has 0 saturated heterocycles. The normalized spacial score (nSPS) is 13.4. The Morgan fingerprint density at radius 3 is 2.91 bits per heavy atom. The molecular weight excluding hydrogens is 280 g/mol. The van der Waals surface area contributed by atoms with Crippen molar-refractivity contribution < 1.29 is 4.92 Å². The van der Waals surface area contributed by atoms with Gasteiger partial charge in [0.15, 0.2) is 0 Å². The van der Waals surface area contributed by atoms with Gasteiger partial charge in [-0.05, 0) is 24.1 Å². The van der Waals surface area contributed by atoms with Crippen molar-refractivity contribution in [3.8, 4) is 0 Å². The van der Waals surface area contributed by atoms with Crippen molar-refractivity contribution in [2.75, 3.05) is 11.4 Å². The van der Waals surface area contributed by atoms with Crippen LogP contribution in [0.1, 0.15) is 5.56 Å². The first-order chi connectivity index (χ1) is 10.7. The zero-order valence-corrected chi connectivity index (χ0v) is 11.6. The third-order valence-corrected chi connectivity index (χ3v) is 3.89. The minimum Gasteiger partial charge on any atom is -0.310 e. The fraction of sp³-hybridized carbons (Fsp3) is 0.125. The van der Waals surface area contributed by atoms with Gasteiger partial charge in [0.25, 0.3) is 5.69 Å². The van der Waals surface area contributed by atoms with E-state index in [9.17, 15) is 10.1 Å². The summed E-state index contributed by atoms with van der Waals surface area (Å²) >= 11 is 0. The average Bonchev–Trinajstić information content (AvgIpc) is 2.97. The molecule has 0 N–H and O–H groups in total. The first kappa shape index (κ1) is 12.7. The summed E-state index contributed by atoms with van der Waals surface area (Å²) in [6.07, 6.45) is 2.56. The van der Waals surface area contributed by atoms with Crippen molar-refractivity contribution in [1.82, 2.24) is 9.97 Å². The number of rotatable bonds is 2. The highest BCUT2D eigenvalue weighted by atomic mass is 16.6. The van der Waals surface area contributed by atoms with Gasteiger partial charge >= 0.3 is 0 Å². The second-order valence-corrected chi connectivity index (χ2v) is 5.20. The molecule has 2 aromatic carbocycles. The fourth-order valence-corrected chi connectivity index (χ4v) is 2.80. The number of non-ortho nitro benzene ring substituents is 1. The molecule has 0 atom stereocenters. The average molecular weight is 292 g/mol. The van der Waals surface area contributed by atoms with Gasteiger partial charge in [0.05, 0.1) is 10.4 Å². The SMILES string of the molecule is O=[N+]([O-])c1ccc2c(c1)CCN2c1ncc2ccccc2n1. The maximum absolute atomic E-state index is 10.9. The molecule has 0 radical (unpaired) electrons. The summed E-state index contributed by atoms with van der Waals surface area (Å²) in [6, 6.07) is 12.8. The van der Waals surface area contributed by atoms with Crippen LogP contribution in [0.25, 0.3) is 10.9 Å². The van der Waals surface area contributed by atoms with Crippen LogP contribution in [0.3, 0.4) is 0 Å². The van der Waals surface area contributed by atoms with Gasteiger partial charge in [-0.25, -0.2) is 9.97 Å². The molecule has 0 unspecified atom stereocenters. The lowest BCUT2D eigenvalue weighted by Crippen LogP contribution is -2.16. The Hall–Kier alpha value is -3.02. The number of benzene rings is 2. The number of nitrogens with zero attached hydrogens (tertiary/aromatic N) is 4. The Bertz CT molecular complexity index is 894. The molecule has 1 aliphatic heterocycles. The molecule has 0 bridgehead atoms. The number of nitro groups is 1. The van der Waals surface area contributed by atoms with Crippen molar-refractivity contribution in [3.63, 3.8) is 0 Å². The smallest absolute Gasteiger partial charge is 0.269 e. The molecule has 0 amide bonds. The number of aromatic nitrogens is 2. The zero-order chi connectivity index (χ0) is 15.1. The van der Waals surface area contributed by atoms with Gasteiger partial charge in [-0.1, -0.05) is 18.2 Å². The van der Waals surface area contributed by atoms with Crippen molar-refractivity contribution in [2.45, 2.75) is 6.42 Å². The van der Waals surface area contributed by atoms with E-state index >= 15 is 0 Å². The topological polar surface area (TPSA) is 72.2 Å². The lowest BCUT2D eigenvalue weighted by Gasteiger charge is -2.17. The molecule has 6 nitrogen and oxygen atoms in total. The van der Waals surface area contributed by atoms with Gasteiger partial charge in [-0.2, -0.15) is 0 Å². The highest BCUT2D eigenvalue weighted by Crippen LogP contribution is 2.35. The molecule has 22 heavy (non-hydrogen) atoms. The van der Waals surface area contributed by atoms with Gasteiger partial charge in [-0.15, -0.1) is 0 Å². The van der Waals surface area contributed by atoms with Crippen LogP contribution in [0.15, 0.2) is 48.7 Å². The van der Waals surface area contributed by atoms with E-state index in [2.05, 4.69) is 9.97 Å². The molecule has 0 fully saturated rings. The maximum Gasteiger partial charge on any atom is 0.269 e. The van der Waals surface area contributed by atoms with E-state index < -0.39 is 0 Å². The van der Waals surface area contributed by atoms with Gasteiger partial charge in [0.2, 0.25) is 5.95 Å². The summed E-state index contributed by atoms with van der Waals surface area (Å²) in [7, 11) is 0. The molecule has 0 saturated carbocycles. The summed E-state index contributed by atoms with van der Waals surface area (Å²) in [5.41, 5.74) is 2.93. The lowest BCUT2D eigenvalue weighted by atomic mass is 10.1. The van der Waals surface area contributed by atoms with Gasteiger partial charge in [0.1, 0.15) is 0 Å². The van der Waals surface area contributed by atoms with E-state index in [0.717, 1.165) is 35.1 Å². The first-order valence-electron chi connectivity index (χ1n) is 6.99. The van der Waals surface area contributed by atoms with Crippen LogP contribution in [0.5, 0.6) is 0 Å². The standard InChI is InChI=1S/C16H12N4O2/c21-20(22)13-5-6-15-11(9-13)7-8-19(15)16-17-10-12-3-1-2-4-14(12)18-16/h1-6,9-10H,7-8H2. The van der Waals surface area contributed by atoms with E-state index in [1.807, 2.05) is 29.2 Å². The fourth-order valence-electron chi connectivity index (χ4n) is 2.80. The van der Waals surface area contributed by atoms with Crippen LogP contribution in [0, 0.1) is 10.1 Å². The van der Waals surface area contributed by atoms with Crippen LogP contribution in [-0.2, 0) is 6.42 Å². The van der Waals surface area contributed by atoms with Gasteiger partial charge < -0.3 is 4.90 Å². The molecule has 0 spiro atoms. The van der Waals surface area contributed by atoms with Crippen LogP contribution in [-0.4, -0.2) is 21.4 Å². The van der Waals surface area contributed by atoms with Gasteiger partial charge in [0, 0.05) is 35.9 Å². The number of para-hydroxylation sites is 1. The number of hydrogen-bond acceptors (Lipinski definition) is 5. The number of hydrogen-bond donors (Lipinski definition) is 0. The van der Waals surface area contributed by atoms with Crippen LogP contribution in [0.4, 0.5) is 17.3 Å². The Balaban J connectivity index is 1.77. The second-order valence-electron chi connectivity index (χ2n) is 5.20. The second kappa shape index (κ2) is 4.77. The van der Waals surface area contributed by atoms with Crippen molar-refractivity contribution in [2.24, 2.45) is 0 Å². The Morgan fingerprint density at radius 1 is 1.18 bits per heavy atom. The van der Waals surface area contributed by atoms with Crippen molar-refractivity contribution in [1.29, 1.82) is 0 Å². The Morgan fingerprint density at radius 2 is 2.05 bits per heavy atom. The molecular formula is C16H12N4O2. The molecule has 1 aliphatic rings. The highest BCUT2D eigenvalue weighted by Gasteiger charge is 2.24. The molecule has 0 aliphatic carbocycles. The third-order valence-electron chi connectivity index (χ3n) is 3.89. The van der Waals surface area contributed by atoms with Crippen molar-refractivity contribution in [3.05, 3.63) is 64.3 Å². The van der Waals surface area contributed by atoms with Crippen molar-refractivity contribution >= 4 is 28.2 Å². The molecule has 3 aromatic rings. The minimum absolute atomic E-state index is 0.125. The molecule has 1 aromatic heterocycles. The summed E-state index contributed by atoms with van der Waals surface area (Å²) < 4.78 is 0. The zero-order valence-electron chi connectivity index (χ0n) is 11.6. The number of nitro benzene ring substituents is 1. The molecule has 2 heterocycles. The largest absolute Gasteiger partial charge is 0.310 e. The quantitative estimate of drug-likeness (QED) is 0.535. The van der Waals surface area contributed by atoms with Crippen LogP contribution >= 0.6 is 0 Å². The monoisotopic (exact) mass is 292 g/mol. The summed E-state index contributed by atoms with van der Waals surface area (Å²) in [5, 5.41) is 11.9. The minimum atomic E-state index is -0.366. The molecule has 4 rings (SSSR count). The third kappa shape index (κ3) is 1.96. The van der Waals surface area contributed by atoms with E-state index in [1.54, 1.807) is 18.3 Å². The Labute approximate surface area is 126 Å². The summed E-state index contributed by atoms with van der Waals surface area (Å²) in [5.74, 6) is 0.631. The predicted molar refractivity (Wildman–Crippen MR) is 83.3 cm³/mol. The summed E-state index contributed by atoms with van der Waals surface area (Å²) in [6.45, 7) is 0.731. The highest BCUT2D eigenvalue weighted by molar-refractivity contribution is 5.79. The van der Waals surface area contributed by atoms with E-state index in [4.69, 9.17) is 0 Å². The van der Waals surface area contributed by atoms with Crippen LogP contribution in [0.2, 0.25) is 0 Å². The van der Waals surface area contributed by atoms with Gasteiger partial charge in [-0.3, -0.25) is 10.1 Å². The van der Waals surface area contributed by atoms with E-state index in [0.29, 0.717) is 5.95 Å². The predicted octanol–water partition coefficient (Wildman–Crippen LogP) is 3.23. The van der Waals surface area contributed by atoms with Crippen LogP contribution < -0.4 is 4.90 Å². The molecule has 6 heteroatoms.